The van der Waals surface area contributed by atoms with Crippen LogP contribution in [0.15, 0.2) is 12.1 Å². The van der Waals surface area contributed by atoms with Crippen LogP contribution in [0.2, 0.25) is 0 Å². The van der Waals surface area contributed by atoms with Crippen LogP contribution < -0.4 is 37.2 Å². The molecule has 1 radical (unpaired) electrons. The Morgan fingerprint density at radius 1 is 1.08 bits per heavy atom. The molecule has 1 rings (SSSR count). The van der Waals surface area contributed by atoms with Gasteiger partial charge in [0.15, 0.2) is 0 Å². The van der Waals surface area contributed by atoms with Gasteiger partial charge in [0.05, 0.1) is 0 Å². The van der Waals surface area contributed by atoms with E-state index in [1.807, 2.05) is 0 Å². The molecule has 0 unspecified atom stereocenters. The summed E-state index contributed by atoms with van der Waals surface area (Å²) in [5.74, 6) is 0. The molecule has 0 bridgehead atoms. The van der Waals surface area contributed by atoms with Gasteiger partial charge < -0.3 is 37.2 Å². The Morgan fingerprint density at radius 3 is 1.58 bits per heavy atom. The summed E-state index contributed by atoms with van der Waals surface area (Å²) < 4.78 is 0. The van der Waals surface area contributed by atoms with Crippen LogP contribution in [0.25, 0.3) is 0 Å². The summed E-state index contributed by atoms with van der Waals surface area (Å²) >= 11 is 0. The van der Waals surface area contributed by atoms with Crippen LogP contribution in [0.5, 0.6) is 0 Å². The van der Waals surface area contributed by atoms with Gasteiger partial charge in [0.25, 0.3) is 0 Å². The number of halogens is 3. The number of aryl methyl sites for hydroxylation is 2. The molecule has 0 aliphatic carbocycles. The summed E-state index contributed by atoms with van der Waals surface area (Å²) in [5.41, 5.74) is 4.25. The third-order valence-electron chi connectivity index (χ3n) is 1.77. The fourth-order valence-corrected chi connectivity index (χ4v) is 0.811. The summed E-state index contributed by atoms with van der Waals surface area (Å²) in [6.07, 6.45) is 0. The Bertz CT molecular complexity index is 177. The van der Waals surface area contributed by atoms with Gasteiger partial charge in [0.2, 0.25) is 0 Å². The van der Waals surface area contributed by atoms with Crippen molar-refractivity contribution in [2.45, 2.75) is 20.8 Å². The van der Waals surface area contributed by atoms with Crippen molar-refractivity contribution < 1.29 is 55.8 Å². The Hall–Kier alpha value is 0.804. The van der Waals surface area contributed by atoms with E-state index in [0.29, 0.717) is 0 Å². The van der Waals surface area contributed by atoms with Gasteiger partial charge in [-0.05, 0) is 0 Å². The van der Waals surface area contributed by atoms with Gasteiger partial charge in [-0.1, -0.05) is 20.8 Å². The van der Waals surface area contributed by atoms with Gasteiger partial charge in [-0.3, -0.25) is 0 Å². The normalized spacial score (nSPS) is 6.58. The van der Waals surface area contributed by atoms with E-state index in [1.165, 1.54) is 16.7 Å². The van der Waals surface area contributed by atoms with Crippen LogP contribution in [0.3, 0.4) is 0 Å². The van der Waals surface area contributed by atoms with E-state index >= 15 is 0 Å². The predicted molar refractivity (Wildman–Crippen MR) is 36.2 cm³/mol. The van der Waals surface area contributed by atoms with Crippen LogP contribution in [-0.4, -0.2) is 0 Å². The first-order chi connectivity index (χ1) is 3.72. The minimum atomic E-state index is 0. The Balaban J connectivity index is -0.0000000800. The maximum Gasteiger partial charge on any atom is 4.00 e. The third-order valence-corrected chi connectivity index (χ3v) is 1.77. The second kappa shape index (κ2) is 9.89. The van der Waals surface area contributed by atoms with Crippen molar-refractivity contribution in [2.75, 3.05) is 0 Å². The zero-order valence-corrected chi connectivity index (χ0v) is 10.9. The van der Waals surface area contributed by atoms with E-state index in [0.717, 1.165) is 0 Å². The average molecular weight is 264 g/mol. The van der Waals surface area contributed by atoms with Gasteiger partial charge >= 0.3 is 18.6 Å². The van der Waals surface area contributed by atoms with E-state index in [1.54, 1.807) is 0 Å². The predicted octanol–water partition coefficient (Wildman–Crippen LogP) is -6.66. The van der Waals surface area contributed by atoms with Crippen molar-refractivity contribution in [1.82, 2.24) is 0 Å². The Kier molecular flexibility index (Phi) is 19.0. The van der Waals surface area contributed by atoms with Crippen molar-refractivity contribution in [3.05, 3.63) is 28.8 Å². The number of hydrogen-bond acceptors (Lipinski definition) is 0. The molecule has 0 fully saturated rings. The smallest absolute Gasteiger partial charge is 1.00 e. The van der Waals surface area contributed by atoms with E-state index in [9.17, 15) is 0 Å². The average Bonchev–Trinajstić information content (AvgIpc) is 1.98. The maximum absolute atomic E-state index is 2.16. The van der Waals surface area contributed by atoms with Crippen molar-refractivity contribution in [1.29, 1.82) is 0 Å². The van der Waals surface area contributed by atoms with Crippen LogP contribution in [-0.2, 0) is 18.6 Å². The second-order valence-corrected chi connectivity index (χ2v) is 2.32. The van der Waals surface area contributed by atoms with Crippen LogP contribution in [0.1, 0.15) is 16.7 Å². The van der Waals surface area contributed by atoms with Crippen LogP contribution in [0, 0.1) is 20.8 Å². The number of hydrogen-bond donors (Lipinski definition) is 0. The quantitative estimate of drug-likeness (QED) is 0.409. The Morgan fingerprint density at radius 2 is 1.50 bits per heavy atom. The molecular formula is C8H11Cl3V. The summed E-state index contributed by atoms with van der Waals surface area (Å²) in [5, 5.41) is 0. The van der Waals surface area contributed by atoms with Gasteiger partial charge in [-0.25, -0.2) is 6.07 Å². The molecule has 12 heavy (non-hydrogen) atoms. The molecule has 0 atom stereocenters. The topological polar surface area (TPSA) is 0 Å². The van der Waals surface area contributed by atoms with E-state index in [-0.39, 0.29) is 55.8 Å². The zero-order chi connectivity index (χ0) is 6.15. The van der Waals surface area contributed by atoms with Gasteiger partial charge in [0.1, 0.15) is 0 Å². The minimum Gasteiger partial charge on any atom is -1.00 e. The van der Waals surface area contributed by atoms with Crippen molar-refractivity contribution in [3.8, 4) is 0 Å². The molecule has 0 aliphatic rings. The fourth-order valence-electron chi connectivity index (χ4n) is 0.811. The zero-order valence-electron chi connectivity index (χ0n) is 7.24. The molecule has 0 nitrogen and oxygen atoms in total. The largest absolute Gasteiger partial charge is 4.00 e. The molecule has 0 N–H and O–H groups in total. The van der Waals surface area contributed by atoms with Crippen LogP contribution in [0.4, 0.5) is 0 Å². The van der Waals surface area contributed by atoms with E-state index in [2.05, 4.69) is 32.9 Å². The Labute approximate surface area is 105 Å². The summed E-state index contributed by atoms with van der Waals surface area (Å²) in [6, 6.07) is 4.31. The van der Waals surface area contributed by atoms with E-state index < -0.39 is 0 Å². The molecule has 0 saturated carbocycles. The van der Waals surface area contributed by atoms with Crippen molar-refractivity contribution in [3.63, 3.8) is 0 Å². The number of rotatable bonds is 0. The molecule has 69 valence electrons. The summed E-state index contributed by atoms with van der Waals surface area (Å²) in [6.45, 7) is 6.44. The minimum absolute atomic E-state index is 0. The van der Waals surface area contributed by atoms with Gasteiger partial charge in [-0.2, -0.15) is 22.8 Å². The molecule has 0 aromatic heterocycles. The molecule has 0 amide bonds. The molecule has 0 spiro atoms. The molecule has 0 aliphatic heterocycles. The van der Waals surface area contributed by atoms with Crippen LogP contribution >= 0.6 is 0 Å². The van der Waals surface area contributed by atoms with E-state index in [4.69, 9.17) is 0 Å². The molecule has 0 saturated heterocycles. The monoisotopic (exact) mass is 263 g/mol. The first kappa shape index (κ1) is 23.0. The van der Waals surface area contributed by atoms with Crippen molar-refractivity contribution in [2.24, 2.45) is 0 Å². The molecular weight excluding hydrogens is 253 g/mol. The molecule has 1 aromatic rings. The maximum atomic E-state index is 2.16. The van der Waals surface area contributed by atoms with Gasteiger partial charge in [0, 0.05) is 0 Å². The SMILES string of the molecule is Cc1cc[c-](C)c1C.[Cl-].[Cl-].[Cl-].[V+4]. The molecule has 1 aromatic carbocycles. The first-order valence-electron chi connectivity index (χ1n) is 2.91. The fraction of sp³-hybridized carbons (Fsp3) is 0.375. The standard InChI is InChI=1S/C8H11.3ClH.V/c1-6-4-5-7(2)8(6)3;;;;/h4-5H,1-3H3;3*1H;/q-1;;;;+4/p-3. The first-order valence-corrected chi connectivity index (χ1v) is 2.91. The molecule has 0 heterocycles. The van der Waals surface area contributed by atoms with Gasteiger partial charge in [-0.15, -0.1) is 0 Å². The summed E-state index contributed by atoms with van der Waals surface area (Å²) in [7, 11) is 0. The molecule has 4 heteroatoms. The van der Waals surface area contributed by atoms with Crippen molar-refractivity contribution >= 4 is 0 Å². The summed E-state index contributed by atoms with van der Waals surface area (Å²) in [4.78, 5) is 0. The second-order valence-electron chi connectivity index (χ2n) is 2.32. The third kappa shape index (κ3) is 5.45.